The molecule has 20 heavy (non-hydrogen) atoms. The normalized spacial score (nSPS) is 19.2. The molecule has 1 aliphatic rings. The first kappa shape index (κ1) is 14.6. The van der Waals surface area contributed by atoms with Gasteiger partial charge < -0.3 is 10.2 Å². The Morgan fingerprint density at radius 1 is 1.40 bits per heavy atom. The fourth-order valence-corrected chi connectivity index (χ4v) is 2.42. The van der Waals surface area contributed by atoms with Gasteiger partial charge >= 0.3 is 0 Å². The molecule has 0 bridgehead atoms. The number of carbonyl (C=O) groups excluding carboxylic acids is 2. The van der Waals surface area contributed by atoms with Crippen LogP contribution in [0.3, 0.4) is 0 Å². The van der Waals surface area contributed by atoms with Gasteiger partial charge in [0.15, 0.2) is 0 Å². The summed E-state index contributed by atoms with van der Waals surface area (Å²) in [6, 6.07) is -0.373. The highest BCUT2D eigenvalue weighted by molar-refractivity contribution is 5.98. The number of nitrogens with one attached hydrogen (secondary N) is 1. The maximum Gasteiger partial charge on any atom is 0.247 e. The predicted molar refractivity (Wildman–Crippen MR) is 76.0 cm³/mol. The number of amides is 2. The van der Waals surface area contributed by atoms with Crippen LogP contribution in [-0.4, -0.2) is 39.1 Å². The molecule has 6 nitrogen and oxygen atoms in total. The Balaban J connectivity index is 2.07. The standard InChI is InChI=1S/C14H22N4O2/c1-14(2,3)13(20)18-7-5-6-11(18)12(19)16-10-8-15-17(4)9-10/h8-9,11H,5-7H2,1-4H3,(H,16,19)/t11-/m1/s1. The third kappa shape index (κ3) is 3.00. The Morgan fingerprint density at radius 3 is 2.65 bits per heavy atom. The quantitative estimate of drug-likeness (QED) is 0.889. The van der Waals surface area contributed by atoms with Crippen molar-refractivity contribution in [3.63, 3.8) is 0 Å². The molecule has 2 amide bonds. The highest BCUT2D eigenvalue weighted by Crippen LogP contribution is 2.26. The van der Waals surface area contributed by atoms with Crippen molar-refractivity contribution < 1.29 is 9.59 Å². The Hall–Kier alpha value is -1.85. The Bertz CT molecular complexity index is 515. The zero-order chi connectivity index (χ0) is 14.9. The van der Waals surface area contributed by atoms with Gasteiger partial charge in [0, 0.05) is 25.2 Å². The molecule has 1 N–H and O–H groups in total. The maximum atomic E-state index is 12.4. The van der Waals surface area contributed by atoms with Crippen molar-refractivity contribution in [3.05, 3.63) is 12.4 Å². The minimum absolute atomic E-state index is 0.0290. The van der Waals surface area contributed by atoms with Gasteiger partial charge in [0.2, 0.25) is 11.8 Å². The Labute approximate surface area is 119 Å². The van der Waals surface area contributed by atoms with Gasteiger partial charge in [-0.15, -0.1) is 0 Å². The van der Waals surface area contributed by atoms with Gasteiger partial charge in [-0.3, -0.25) is 14.3 Å². The molecule has 0 radical (unpaired) electrons. The number of hydrogen-bond donors (Lipinski definition) is 1. The van der Waals surface area contributed by atoms with E-state index in [9.17, 15) is 9.59 Å². The number of likely N-dealkylation sites (tertiary alicyclic amines) is 1. The van der Waals surface area contributed by atoms with E-state index in [1.54, 1.807) is 29.0 Å². The van der Waals surface area contributed by atoms with E-state index in [-0.39, 0.29) is 17.9 Å². The number of aryl methyl sites for hydroxylation is 1. The smallest absolute Gasteiger partial charge is 0.247 e. The molecular weight excluding hydrogens is 256 g/mol. The summed E-state index contributed by atoms with van der Waals surface area (Å²) in [6.07, 6.45) is 4.92. The lowest BCUT2D eigenvalue weighted by Gasteiger charge is -2.30. The molecule has 1 aromatic rings. The highest BCUT2D eigenvalue weighted by atomic mass is 16.2. The topological polar surface area (TPSA) is 67.2 Å². The Kier molecular flexibility index (Phi) is 3.83. The van der Waals surface area contributed by atoms with Crippen LogP contribution in [0.1, 0.15) is 33.6 Å². The molecule has 1 fully saturated rings. The molecule has 6 heteroatoms. The molecule has 2 heterocycles. The molecular formula is C14H22N4O2. The number of hydrogen-bond acceptors (Lipinski definition) is 3. The van der Waals surface area contributed by atoms with Gasteiger partial charge in [-0.05, 0) is 12.8 Å². The summed E-state index contributed by atoms with van der Waals surface area (Å²) in [5.41, 5.74) is 0.199. The zero-order valence-corrected chi connectivity index (χ0v) is 12.5. The average molecular weight is 278 g/mol. The van der Waals surface area contributed by atoms with Gasteiger partial charge in [-0.2, -0.15) is 5.10 Å². The second kappa shape index (κ2) is 5.26. The van der Waals surface area contributed by atoms with Crippen LogP contribution in [0.15, 0.2) is 12.4 Å². The number of rotatable bonds is 2. The van der Waals surface area contributed by atoms with E-state index < -0.39 is 5.41 Å². The number of aromatic nitrogens is 2. The molecule has 2 rings (SSSR count). The second-order valence-corrected chi connectivity index (χ2v) is 6.30. The first-order valence-corrected chi connectivity index (χ1v) is 6.89. The number of nitrogens with zero attached hydrogens (tertiary/aromatic N) is 3. The molecule has 0 aliphatic carbocycles. The summed E-state index contributed by atoms with van der Waals surface area (Å²) < 4.78 is 1.63. The average Bonchev–Trinajstić information content (AvgIpc) is 2.95. The van der Waals surface area contributed by atoms with Crippen molar-refractivity contribution >= 4 is 17.5 Å². The Morgan fingerprint density at radius 2 is 2.10 bits per heavy atom. The van der Waals surface area contributed by atoms with Crippen molar-refractivity contribution in [1.29, 1.82) is 0 Å². The predicted octanol–water partition coefficient (Wildman–Crippen LogP) is 1.40. The van der Waals surface area contributed by atoms with Crippen LogP contribution >= 0.6 is 0 Å². The summed E-state index contributed by atoms with van der Waals surface area (Å²) >= 11 is 0. The molecule has 1 atom stereocenters. The molecule has 0 saturated carbocycles. The number of carbonyl (C=O) groups is 2. The zero-order valence-electron chi connectivity index (χ0n) is 12.5. The molecule has 1 saturated heterocycles. The summed E-state index contributed by atoms with van der Waals surface area (Å²) in [6.45, 7) is 6.29. The maximum absolute atomic E-state index is 12.4. The van der Waals surface area contributed by atoms with Crippen LogP contribution < -0.4 is 5.32 Å². The van der Waals surface area contributed by atoms with Crippen molar-refractivity contribution in [2.24, 2.45) is 12.5 Å². The highest BCUT2D eigenvalue weighted by Gasteiger charge is 2.38. The van der Waals surface area contributed by atoms with Gasteiger partial charge in [0.1, 0.15) is 6.04 Å². The molecule has 1 aromatic heterocycles. The fourth-order valence-electron chi connectivity index (χ4n) is 2.42. The minimum Gasteiger partial charge on any atom is -0.330 e. The van der Waals surface area contributed by atoms with Gasteiger partial charge in [0.25, 0.3) is 0 Å². The van der Waals surface area contributed by atoms with E-state index in [1.165, 1.54) is 0 Å². The first-order chi connectivity index (χ1) is 9.29. The van der Waals surface area contributed by atoms with Crippen molar-refractivity contribution in [1.82, 2.24) is 14.7 Å². The molecule has 0 spiro atoms. The molecule has 1 aliphatic heterocycles. The first-order valence-electron chi connectivity index (χ1n) is 6.89. The van der Waals surface area contributed by atoms with Crippen LogP contribution in [0.5, 0.6) is 0 Å². The minimum atomic E-state index is -0.461. The van der Waals surface area contributed by atoms with Gasteiger partial charge in [-0.25, -0.2) is 0 Å². The van der Waals surface area contributed by atoms with Crippen LogP contribution in [-0.2, 0) is 16.6 Å². The lowest BCUT2D eigenvalue weighted by Crippen LogP contribution is -2.47. The molecule has 0 unspecified atom stereocenters. The largest absolute Gasteiger partial charge is 0.330 e. The van der Waals surface area contributed by atoms with Crippen molar-refractivity contribution in [2.75, 3.05) is 11.9 Å². The molecule has 110 valence electrons. The van der Waals surface area contributed by atoms with Crippen molar-refractivity contribution in [3.8, 4) is 0 Å². The summed E-state index contributed by atoms with van der Waals surface area (Å²) in [7, 11) is 1.79. The summed E-state index contributed by atoms with van der Waals surface area (Å²) in [5, 5.41) is 6.84. The van der Waals surface area contributed by atoms with E-state index in [0.29, 0.717) is 18.7 Å². The van der Waals surface area contributed by atoms with Gasteiger partial charge in [-0.1, -0.05) is 20.8 Å². The third-order valence-electron chi connectivity index (χ3n) is 3.43. The van der Waals surface area contributed by atoms with Gasteiger partial charge in [0.05, 0.1) is 11.9 Å². The fraction of sp³-hybridized carbons (Fsp3) is 0.643. The van der Waals surface area contributed by atoms with E-state index in [2.05, 4.69) is 10.4 Å². The lowest BCUT2D eigenvalue weighted by atomic mass is 9.94. The van der Waals surface area contributed by atoms with Crippen molar-refractivity contribution in [2.45, 2.75) is 39.7 Å². The van der Waals surface area contributed by atoms with Crippen LogP contribution in [0.2, 0.25) is 0 Å². The summed E-state index contributed by atoms with van der Waals surface area (Å²) in [4.78, 5) is 26.4. The van der Waals surface area contributed by atoms with Crippen LogP contribution in [0, 0.1) is 5.41 Å². The van der Waals surface area contributed by atoms with E-state index >= 15 is 0 Å². The monoisotopic (exact) mass is 278 g/mol. The SMILES string of the molecule is Cn1cc(NC(=O)[C@H]2CCCN2C(=O)C(C)(C)C)cn1. The lowest BCUT2D eigenvalue weighted by molar-refractivity contribution is -0.143. The van der Waals surface area contributed by atoms with E-state index in [1.807, 2.05) is 20.8 Å². The van der Waals surface area contributed by atoms with Crippen LogP contribution in [0.25, 0.3) is 0 Å². The summed E-state index contributed by atoms with van der Waals surface area (Å²) in [5.74, 6) is -0.102. The molecule has 0 aromatic carbocycles. The second-order valence-electron chi connectivity index (χ2n) is 6.30. The van der Waals surface area contributed by atoms with E-state index in [0.717, 1.165) is 6.42 Å². The van der Waals surface area contributed by atoms with Crippen LogP contribution in [0.4, 0.5) is 5.69 Å². The number of anilines is 1. The van der Waals surface area contributed by atoms with E-state index in [4.69, 9.17) is 0 Å². The third-order valence-corrected chi connectivity index (χ3v) is 3.43.